The van der Waals surface area contributed by atoms with Gasteiger partial charge in [0.1, 0.15) is 6.10 Å². The summed E-state index contributed by atoms with van der Waals surface area (Å²) in [5.41, 5.74) is 0. The minimum absolute atomic E-state index is 0.168. The van der Waals surface area contributed by atoms with Crippen LogP contribution in [-0.4, -0.2) is 34.9 Å². The van der Waals surface area contributed by atoms with Crippen molar-refractivity contribution in [3.05, 3.63) is 12.2 Å². The summed E-state index contributed by atoms with van der Waals surface area (Å²) in [5, 5.41) is 17.8. The van der Waals surface area contributed by atoms with E-state index >= 15 is 0 Å². The van der Waals surface area contributed by atoms with Gasteiger partial charge in [0.05, 0.1) is 18.9 Å². The zero-order valence-electron chi connectivity index (χ0n) is 12.4. The Bertz CT molecular complexity index is 311. The number of unbranched alkanes of at least 4 members (excludes halogenated alkanes) is 3. The minimum Gasteiger partial charge on any atom is -0.481 e. The Labute approximate surface area is 120 Å². The van der Waals surface area contributed by atoms with Crippen LogP contribution in [0.25, 0.3) is 0 Å². The van der Waals surface area contributed by atoms with Gasteiger partial charge in [0, 0.05) is 0 Å². The number of aliphatic carboxylic acids is 1. The van der Waals surface area contributed by atoms with Crippen molar-refractivity contribution >= 4 is 11.9 Å². The molecule has 5 heteroatoms. The SMILES string of the molecule is CCCCC/C=C/CC(CC(=O)OC(C)CO)C(=O)O. The Hall–Kier alpha value is -1.36. The molecule has 2 unspecified atom stereocenters. The second-order valence-electron chi connectivity index (χ2n) is 4.93. The molecule has 0 radical (unpaired) electrons. The number of allylic oxidation sites excluding steroid dienone is 2. The fraction of sp³-hybridized carbons (Fsp3) is 0.733. The molecule has 0 aromatic heterocycles. The van der Waals surface area contributed by atoms with Gasteiger partial charge in [0.2, 0.25) is 0 Å². The predicted molar refractivity (Wildman–Crippen MR) is 76.3 cm³/mol. The summed E-state index contributed by atoms with van der Waals surface area (Å²) in [6.07, 6.45) is 7.69. The lowest BCUT2D eigenvalue weighted by Gasteiger charge is -2.13. The van der Waals surface area contributed by atoms with Crippen molar-refractivity contribution in [2.75, 3.05) is 6.61 Å². The van der Waals surface area contributed by atoms with Crippen LogP contribution in [0, 0.1) is 5.92 Å². The van der Waals surface area contributed by atoms with E-state index in [-0.39, 0.29) is 13.0 Å². The minimum atomic E-state index is -1.00. The van der Waals surface area contributed by atoms with E-state index in [1.54, 1.807) is 6.92 Å². The summed E-state index contributed by atoms with van der Waals surface area (Å²) >= 11 is 0. The van der Waals surface area contributed by atoms with E-state index in [4.69, 9.17) is 14.9 Å². The number of hydrogen-bond acceptors (Lipinski definition) is 4. The standard InChI is InChI=1S/C15H26O5/c1-3-4-5-6-7-8-9-13(15(18)19)10-14(17)20-12(2)11-16/h7-8,12-13,16H,3-6,9-11H2,1-2H3,(H,18,19)/b8-7+. The molecule has 2 N–H and O–H groups in total. The number of carboxylic acids is 1. The van der Waals surface area contributed by atoms with Gasteiger partial charge in [-0.3, -0.25) is 9.59 Å². The van der Waals surface area contributed by atoms with Crippen LogP contribution in [0.1, 0.15) is 52.4 Å². The molecule has 0 spiro atoms. The van der Waals surface area contributed by atoms with Crippen molar-refractivity contribution in [2.24, 2.45) is 5.92 Å². The van der Waals surface area contributed by atoms with Crippen LogP contribution in [0.4, 0.5) is 0 Å². The average molecular weight is 286 g/mol. The van der Waals surface area contributed by atoms with Gasteiger partial charge in [-0.15, -0.1) is 0 Å². The molecule has 20 heavy (non-hydrogen) atoms. The molecule has 0 aromatic rings. The van der Waals surface area contributed by atoms with Crippen molar-refractivity contribution in [1.29, 1.82) is 0 Å². The second kappa shape index (κ2) is 11.5. The third kappa shape index (κ3) is 9.55. The molecule has 0 amide bonds. The Morgan fingerprint density at radius 1 is 1.25 bits per heavy atom. The maximum absolute atomic E-state index is 11.5. The number of hydrogen-bond donors (Lipinski definition) is 2. The largest absolute Gasteiger partial charge is 0.481 e. The number of aliphatic hydroxyl groups excluding tert-OH is 1. The maximum atomic E-state index is 11.5. The van der Waals surface area contributed by atoms with Crippen LogP contribution < -0.4 is 0 Å². The molecule has 0 aliphatic carbocycles. The molecule has 0 aliphatic rings. The lowest BCUT2D eigenvalue weighted by atomic mass is 10.0. The molecule has 0 saturated carbocycles. The van der Waals surface area contributed by atoms with E-state index in [0.29, 0.717) is 6.42 Å². The van der Waals surface area contributed by atoms with Gasteiger partial charge in [-0.1, -0.05) is 31.9 Å². The third-order valence-electron chi connectivity index (χ3n) is 2.91. The highest BCUT2D eigenvalue weighted by Crippen LogP contribution is 2.13. The molecule has 0 heterocycles. The molecule has 116 valence electrons. The zero-order chi connectivity index (χ0) is 15.4. The second-order valence-corrected chi connectivity index (χ2v) is 4.93. The first-order chi connectivity index (χ1) is 9.51. The number of esters is 1. The monoisotopic (exact) mass is 286 g/mol. The summed E-state index contributed by atoms with van der Waals surface area (Å²) in [5.74, 6) is -2.36. The highest BCUT2D eigenvalue weighted by atomic mass is 16.5. The lowest BCUT2D eigenvalue weighted by Crippen LogP contribution is -2.23. The van der Waals surface area contributed by atoms with Crippen molar-refractivity contribution < 1.29 is 24.5 Å². The number of carboxylic acid groups (broad SMARTS) is 1. The molecule has 0 aromatic carbocycles. The fourth-order valence-corrected chi connectivity index (χ4v) is 1.67. The first-order valence-electron chi connectivity index (χ1n) is 7.19. The van der Waals surface area contributed by atoms with Crippen molar-refractivity contribution in [2.45, 2.75) is 58.5 Å². The van der Waals surface area contributed by atoms with E-state index in [1.807, 2.05) is 12.2 Å². The number of rotatable bonds is 11. The van der Waals surface area contributed by atoms with Crippen LogP contribution >= 0.6 is 0 Å². The predicted octanol–water partition coefficient (Wildman–Crippen LogP) is 2.53. The molecule has 0 fully saturated rings. The summed E-state index contributed by atoms with van der Waals surface area (Å²) in [6, 6.07) is 0. The van der Waals surface area contributed by atoms with Gasteiger partial charge >= 0.3 is 11.9 Å². The Kier molecular flexibility index (Phi) is 10.7. The highest BCUT2D eigenvalue weighted by molar-refractivity contribution is 5.79. The van der Waals surface area contributed by atoms with Crippen LogP contribution in [0.2, 0.25) is 0 Å². The Morgan fingerprint density at radius 3 is 2.50 bits per heavy atom. The average Bonchev–Trinajstić information content (AvgIpc) is 2.40. The normalized spacial score (nSPS) is 14.2. The van der Waals surface area contributed by atoms with E-state index in [1.165, 1.54) is 0 Å². The summed E-state index contributed by atoms with van der Waals surface area (Å²) < 4.78 is 4.86. The molecule has 0 rings (SSSR count). The van der Waals surface area contributed by atoms with Crippen LogP contribution in [0.15, 0.2) is 12.2 Å². The molecular formula is C15H26O5. The maximum Gasteiger partial charge on any atom is 0.307 e. The van der Waals surface area contributed by atoms with Gasteiger partial charge in [-0.2, -0.15) is 0 Å². The summed E-state index contributed by atoms with van der Waals surface area (Å²) in [6.45, 7) is 3.42. The van der Waals surface area contributed by atoms with Crippen molar-refractivity contribution in [1.82, 2.24) is 0 Å². The van der Waals surface area contributed by atoms with Gasteiger partial charge in [0.25, 0.3) is 0 Å². The highest BCUT2D eigenvalue weighted by Gasteiger charge is 2.21. The number of carbonyl (C=O) groups excluding carboxylic acids is 1. The summed E-state index contributed by atoms with van der Waals surface area (Å²) in [4.78, 5) is 22.5. The smallest absolute Gasteiger partial charge is 0.307 e. The van der Waals surface area contributed by atoms with Crippen molar-refractivity contribution in [3.63, 3.8) is 0 Å². The Morgan fingerprint density at radius 2 is 1.95 bits per heavy atom. The van der Waals surface area contributed by atoms with E-state index in [0.717, 1.165) is 25.7 Å². The topological polar surface area (TPSA) is 83.8 Å². The first kappa shape index (κ1) is 18.6. The Balaban J connectivity index is 4.10. The van der Waals surface area contributed by atoms with Gasteiger partial charge < -0.3 is 14.9 Å². The third-order valence-corrected chi connectivity index (χ3v) is 2.91. The number of aliphatic hydroxyl groups is 1. The number of carbonyl (C=O) groups is 2. The van der Waals surface area contributed by atoms with E-state index in [9.17, 15) is 9.59 Å². The lowest BCUT2D eigenvalue weighted by molar-refractivity contribution is -0.155. The molecule has 0 aliphatic heterocycles. The van der Waals surface area contributed by atoms with Crippen molar-refractivity contribution in [3.8, 4) is 0 Å². The van der Waals surface area contributed by atoms with E-state index in [2.05, 4.69) is 6.92 Å². The van der Waals surface area contributed by atoms with Crippen LogP contribution in [-0.2, 0) is 14.3 Å². The van der Waals surface area contributed by atoms with Crippen LogP contribution in [0.5, 0.6) is 0 Å². The molecular weight excluding hydrogens is 260 g/mol. The quantitative estimate of drug-likeness (QED) is 0.346. The molecule has 2 atom stereocenters. The van der Waals surface area contributed by atoms with Gasteiger partial charge in [0.15, 0.2) is 0 Å². The van der Waals surface area contributed by atoms with E-state index < -0.39 is 24.0 Å². The van der Waals surface area contributed by atoms with Gasteiger partial charge in [-0.05, 0) is 26.2 Å². The fourth-order valence-electron chi connectivity index (χ4n) is 1.67. The first-order valence-corrected chi connectivity index (χ1v) is 7.19. The van der Waals surface area contributed by atoms with Gasteiger partial charge in [-0.25, -0.2) is 0 Å². The molecule has 0 bridgehead atoms. The zero-order valence-corrected chi connectivity index (χ0v) is 12.4. The molecule has 0 saturated heterocycles. The van der Waals surface area contributed by atoms with Crippen LogP contribution in [0.3, 0.4) is 0 Å². The summed E-state index contributed by atoms with van der Waals surface area (Å²) in [7, 11) is 0. The number of ether oxygens (including phenoxy) is 1. The molecule has 5 nitrogen and oxygen atoms in total.